The van der Waals surface area contributed by atoms with Crippen LogP contribution < -0.4 is 0 Å². The van der Waals surface area contributed by atoms with Gasteiger partial charge < -0.3 is 9.97 Å². The molecular formula is C22H8F10N2O. The molecule has 2 heterocycles. The average Bonchev–Trinajstić information content (AvgIpc) is 3.54. The van der Waals surface area contributed by atoms with Crippen LogP contribution in [0.15, 0.2) is 30.6 Å². The van der Waals surface area contributed by atoms with Crippen LogP contribution >= 0.6 is 0 Å². The largest absolute Gasteiger partial charge is 0.364 e. The lowest BCUT2D eigenvalue weighted by Crippen LogP contribution is -2.14. The molecule has 0 saturated heterocycles. The van der Waals surface area contributed by atoms with Crippen LogP contribution in [-0.2, 0) is 0 Å². The van der Waals surface area contributed by atoms with Gasteiger partial charge in [-0.2, -0.15) is 0 Å². The molecule has 0 fully saturated rings. The van der Waals surface area contributed by atoms with Crippen LogP contribution in [0.2, 0.25) is 0 Å². The number of aromatic amines is 2. The minimum Gasteiger partial charge on any atom is -0.364 e. The number of ketones is 1. The van der Waals surface area contributed by atoms with Crippen molar-refractivity contribution in [2.75, 3.05) is 0 Å². The summed E-state index contributed by atoms with van der Waals surface area (Å²) in [6.07, 6.45) is 2.09. The maximum absolute atomic E-state index is 14.6. The fraction of sp³-hybridized carbons (Fsp3) is 0.0455. The minimum absolute atomic E-state index is 0.123. The van der Waals surface area contributed by atoms with Crippen LogP contribution in [0.25, 0.3) is 0 Å². The quantitative estimate of drug-likeness (QED) is 0.145. The van der Waals surface area contributed by atoms with Crippen molar-refractivity contribution in [2.24, 2.45) is 0 Å². The van der Waals surface area contributed by atoms with E-state index in [1.54, 1.807) is 0 Å². The monoisotopic (exact) mass is 506 g/mol. The van der Waals surface area contributed by atoms with Crippen molar-refractivity contribution >= 4 is 5.78 Å². The van der Waals surface area contributed by atoms with Crippen molar-refractivity contribution in [1.29, 1.82) is 0 Å². The Hall–Kier alpha value is -4.03. The van der Waals surface area contributed by atoms with Crippen LogP contribution in [0.1, 0.15) is 38.8 Å². The van der Waals surface area contributed by atoms with E-state index in [2.05, 4.69) is 9.97 Å². The van der Waals surface area contributed by atoms with Crippen LogP contribution in [0.3, 0.4) is 0 Å². The van der Waals surface area contributed by atoms with Gasteiger partial charge in [0.2, 0.25) is 17.4 Å². The molecule has 0 spiro atoms. The molecule has 0 bridgehead atoms. The van der Waals surface area contributed by atoms with E-state index in [4.69, 9.17) is 0 Å². The zero-order valence-electron chi connectivity index (χ0n) is 16.7. The van der Waals surface area contributed by atoms with Gasteiger partial charge in [0.25, 0.3) is 0 Å². The number of aromatic nitrogens is 2. The van der Waals surface area contributed by atoms with Gasteiger partial charge >= 0.3 is 0 Å². The second-order valence-corrected chi connectivity index (χ2v) is 7.16. The standard InChI is InChI=1S/C22H8F10N2O/c23-12-10(13(24)17(28)20(31)16(12)27)9(7-2-1-3-33-7)6-4-8(34-5-6)22(35)11-14(25)18(29)21(32)19(30)15(11)26/h1-5,9,33-34H. The highest BCUT2D eigenvalue weighted by Crippen LogP contribution is 2.37. The van der Waals surface area contributed by atoms with Crippen molar-refractivity contribution in [3.05, 3.63) is 117 Å². The lowest BCUT2D eigenvalue weighted by molar-refractivity contribution is 0.102. The molecule has 2 aromatic heterocycles. The third-order valence-electron chi connectivity index (χ3n) is 5.19. The maximum Gasteiger partial charge on any atom is 0.215 e. The number of rotatable bonds is 5. The van der Waals surface area contributed by atoms with Crippen molar-refractivity contribution in [1.82, 2.24) is 9.97 Å². The van der Waals surface area contributed by atoms with E-state index in [1.807, 2.05) is 0 Å². The summed E-state index contributed by atoms with van der Waals surface area (Å²) in [5.41, 5.74) is -4.41. The molecule has 4 aromatic rings. The van der Waals surface area contributed by atoms with E-state index in [-0.39, 0.29) is 11.3 Å². The van der Waals surface area contributed by atoms with Crippen molar-refractivity contribution < 1.29 is 48.7 Å². The number of halogens is 10. The second-order valence-electron chi connectivity index (χ2n) is 7.16. The summed E-state index contributed by atoms with van der Waals surface area (Å²) in [5, 5.41) is 0. The van der Waals surface area contributed by atoms with E-state index in [0.29, 0.717) is 6.07 Å². The number of carbonyl (C=O) groups excluding carboxylic acids is 1. The molecule has 2 N–H and O–H groups in total. The summed E-state index contributed by atoms with van der Waals surface area (Å²) in [7, 11) is 0. The van der Waals surface area contributed by atoms with Crippen LogP contribution in [0, 0.1) is 58.2 Å². The van der Waals surface area contributed by atoms with Crippen LogP contribution in [-0.4, -0.2) is 15.8 Å². The SMILES string of the molecule is O=C(c1cc(C(c2ccc[nH]2)c2c(F)c(F)c(F)c(F)c2F)c[nH]1)c1c(F)c(F)c(F)c(F)c1F. The first-order valence-corrected chi connectivity index (χ1v) is 9.36. The number of H-pyrrole nitrogens is 2. The van der Waals surface area contributed by atoms with Gasteiger partial charge in [0.1, 0.15) is 5.56 Å². The van der Waals surface area contributed by atoms with Crippen molar-refractivity contribution in [3.8, 4) is 0 Å². The molecule has 1 atom stereocenters. The van der Waals surface area contributed by atoms with Gasteiger partial charge in [-0.1, -0.05) is 0 Å². The Morgan fingerprint density at radius 2 is 1.14 bits per heavy atom. The zero-order valence-corrected chi connectivity index (χ0v) is 16.7. The Kier molecular flexibility index (Phi) is 5.95. The fourth-order valence-electron chi connectivity index (χ4n) is 3.55. The van der Waals surface area contributed by atoms with Crippen LogP contribution in [0.4, 0.5) is 43.9 Å². The summed E-state index contributed by atoms with van der Waals surface area (Å²) < 4.78 is 139. The van der Waals surface area contributed by atoms with Gasteiger partial charge in [-0.25, -0.2) is 43.9 Å². The molecule has 0 aliphatic carbocycles. The van der Waals surface area contributed by atoms with Gasteiger partial charge in [0, 0.05) is 23.7 Å². The lowest BCUT2D eigenvalue weighted by Gasteiger charge is -2.18. The summed E-state index contributed by atoms with van der Waals surface area (Å²) in [6.45, 7) is 0. The predicted octanol–water partition coefficient (Wildman–Crippen LogP) is 6.15. The Morgan fingerprint density at radius 3 is 1.63 bits per heavy atom. The summed E-state index contributed by atoms with van der Waals surface area (Å²) in [4.78, 5) is 17.2. The molecule has 0 aliphatic heterocycles. The van der Waals surface area contributed by atoms with Gasteiger partial charge in [-0.15, -0.1) is 0 Å². The third-order valence-corrected chi connectivity index (χ3v) is 5.19. The first-order chi connectivity index (χ1) is 16.5. The van der Waals surface area contributed by atoms with Gasteiger partial charge in [-0.3, -0.25) is 4.79 Å². The molecule has 0 radical (unpaired) electrons. The molecular weight excluding hydrogens is 498 g/mol. The Labute approximate surface area is 188 Å². The van der Waals surface area contributed by atoms with E-state index in [1.165, 1.54) is 18.3 Å². The van der Waals surface area contributed by atoms with E-state index >= 15 is 0 Å². The molecule has 13 heteroatoms. The minimum atomic E-state index is -2.50. The van der Waals surface area contributed by atoms with Gasteiger partial charge in [0.15, 0.2) is 46.5 Å². The highest BCUT2D eigenvalue weighted by Gasteiger charge is 2.35. The second kappa shape index (κ2) is 8.64. The van der Waals surface area contributed by atoms with Crippen molar-refractivity contribution in [3.63, 3.8) is 0 Å². The number of hydrogen-bond acceptors (Lipinski definition) is 1. The molecule has 3 nitrogen and oxygen atoms in total. The number of hydrogen-bond donors (Lipinski definition) is 2. The summed E-state index contributed by atoms with van der Waals surface area (Å²) >= 11 is 0. The normalized spacial score (nSPS) is 12.3. The molecule has 182 valence electrons. The molecule has 0 amide bonds. The van der Waals surface area contributed by atoms with Crippen LogP contribution in [0.5, 0.6) is 0 Å². The fourth-order valence-corrected chi connectivity index (χ4v) is 3.55. The smallest absolute Gasteiger partial charge is 0.215 e. The van der Waals surface area contributed by atoms with Gasteiger partial charge in [-0.05, 0) is 23.8 Å². The third kappa shape index (κ3) is 3.67. The average molecular weight is 506 g/mol. The highest BCUT2D eigenvalue weighted by molar-refractivity contribution is 6.08. The molecule has 0 saturated carbocycles. The molecule has 1 unspecified atom stereocenters. The topological polar surface area (TPSA) is 48.6 Å². The number of nitrogens with one attached hydrogen (secondary N) is 2. The first kappa shape index (κ1) is 24.1. The first-order valence-electron chi connectivity index (χ1n) is 9.36. The highest BCUT2D eigenvalue weighted by atomic mass is 19.2. The number of carbonyl (C=O) groups is 1. The molecule has 4 rings (SSSR count). The Bertz CT molecular complexity index is 1420. The van der Waals surface area contributed by atoms with E-state index in [9.17, 15) is 48.7 Å². The van der Waals surface area contributed by atoms with Crippen molar-refractivity contribution in [2.45, 2.75) is 5.92 Å². The predicted molar refractivity (Wildman–Crippen MR) is 98.4 cm³/mol. The van der Waals surface area contributed by atoms with Gasteiger partial charge in [0.05, 0.1) is 11.6 Å². The number of benzene rings is 2. The zero-order chi connectivity index (χ0) is 25.8. The Balaban J connectivity index is 1.89. The summed E-state index contributed by atoms with van der Waals surface area (Å²) in [5.74, 6) is -26.9. The Morgan fingerprint density at radius 1 is 0.657 bits per heavy atom. The van der Waals surface area contributed by atoms with E-state index in [0.717, 1.165) is 6.20 Å². The lowest BCUT2D eigenvalue weighted by atomic mass is 9.88. The summed E-state index contributed by atoms with van der Waals surface area (Å²) in [6, 6.07) is 3.24. The van der Waals surface area contributed by atoms with E-state index < -0.39 is 86.7 Å². The molecule has 2 aromatic carbocycles. The molecule has 0 aliphatic rings. The molecule has 35 heavy (non-hydrogen) atoms. The maximum atomic E-state index is 14.6.